The summed E-state index contributed by atoms with van der Waals surface area (Å²) in [5.41, 5.74) is 0.337. The molecule has 0 aromatic rings. The van der Waals surface area contributed by atoms with Gasteiger partial charge in [0.1, 0.15) is 6.10 Å². The van der Waals surface area contributed by atoms with Crippen LogP contribution in [0.25, 0.3) is 0 Å². The van der Waals surface area contributed by atoms with Gasteiger partial charge in [-0.3, -0.25) is 9.00 Å². The number of esters is 1. The van der Waals surface area contributed by atoms with Gasteiger partial charge < -0.3 is 9.47 Å². The van der Waals surface area contributed by atoms with E-state index in [4.69, 9.17) is 9.47 Å². The molecule has 0 spiro atoms. The van der Waals surface area contributed by atoms with Gasteiger partial charge in [0, 0.05) is 19.3 Å². The molecule has 0 radical (unpaired) electrons. The van der Waals surface area contributed by atoms with Crippen LogP contribution in [0.2, 0.25) is 0 Å². The van der Waals surface area contributed by atoms with Gasteiger partial charge >= 0.3 is 5.97 Å². The van der Waals surface area contributed by atoms with E-state index in [-0.39, 0.29) is 12.1 Å². The maximum absolute atomic E-state index is 11.9. The summed E-state index contributed by atoms with van der Waals surface area (Å²) in [7, 11) is -1.18. The average molecular weight is 246 g/mol. The van der Waals surface area contributed by atoms with Gasteiger partial charge in [-0.15, -0.1) is 0 Å². The number of carbonyl (C=O) groups excluding carboxylic acids is 1. The number of hydrogen-bond acceptors (Lipinski definition) is 4. The first-order valence-corrected chi connectivity index (χ1v) is 6.69. The van der Waals surface area contributed by atoms with E-state index in [1.54, 1.807) is 0 Å². The highest BCUT2D eigenvalue weighted by Crippen LogP contribution is 2.21. The van der Waals surface area contributed by atoms with E-state index in [2.05, 4.69) is 6.58 Å². The van der Waals surface area contributed by atoms with Crippen LogP contribution in [0.3, 0.4) is 0 Å². The minimum Gasteiger partial charge on any atom is -0.459 e. The molecule has 1 saturated heterocycles. The number of rotatable bonds is 4. The average Bonchev–Trinajstić information content (AvgIpc) is 2.16. The molecule has 1 heterocycles. The van der Waals surface area contributed by atoms with Crippen molar-refractivity contribution >= 4 is 16.8 Å². The van der Waals surface area contributed by atoms with Crippen LogP contribution >= 0.6 is 0 Å². The van der Waals surface area contributed by atoms with E-state index in [1.807, 2.05) is 6.92 Å². The molecule has 1 rings (SSSR count). The Morgan fingerprint density at radius 2 is 2.25 bits per heavy atom. The second-order valence-corrected chi connectivity index (χ2v) is 5.53. The van der Waals surface area contributed by atoms with Gasteiger partial charge in [0.15, 0.2) is 5.44 Å². The lowest BCUT2D eigenvalue weighted by Gasteiger charge is -2.30. The monoisotopic (exact) mass is 246 g/mol. The molecule has 0 amide bonds. The molecule has 1 aliphatic rings. The first-order valence-electron chi connectivity index (χ1n) is 5.31. The van der Waals surface area contributed by atoms with Gasteiger partial charge in [-0.05, 0) is 19.8 Å². The first-order chi connectivity index (χ1) is 7.50. The van der Waals surface area contributed by atoms with E-state index >= 15 is 0 Å². The van der Waals surface area contributed by atoms with E-state index in [0.29, 0.717) is 18.8 Å². The summed E-state index contributed by atoms with van der Waals surface area (Å²) in [5, 5.41) is 0. The third-order valence-corrected chi connectivity index (χ3v) is 3.92. The van der Waals surface area contributed by atoms with Crippen LogP contribution in [0.4, 0.5) is 0 Å². The van der Waals surface area contributed by atoms with Crippen molar-refractivity contribution in [1.82, 2.24) is 0 Å². The predicted molar refractivity (Wildman–Crippen MR) is 62.4 cm³/mol. The number of carbonyl (C=O) groups is 1. The molecule has 4 nitrogen and oxygen atoms in total. The maximum atomic E-state index is 11.9. The molecule has 1 fully saturated rings. The highest BCUT2D eigenvalue weighted by atomic mass is 32.2. The molecule has 3 atom stereocenters. The van der Waals surface area contributed by atoms with Gasteiger partial charge in [-0.1, -0.05) is 12.2 Å². The second kappa shape index (κ2) is 6.15. The molecule has 0 aliphatic carbocycles. The summed E-state index contributed by atoms with van der Waals surface area (Å²) < 4.78 is 22.5. The van der Waals surface area contributed by atoms with Crippen LogP contribution in [0.1, 0.15) is 26.7 Å². The van der Waals surface area contributed by atoms with Crippen LogP contribution in [0.15, 0.2) is 12.2 Å². The SMILES string of the molecule is C=C(C)CS(=O)C1OCCCC1OC(C)=O. The standard InChI is InChI=1S/C11H18O4S/c1-8(2)7-16(13)11-10(15-9(3)12)5-4-6-14-11/h10-11H,1,4-7H2,2-3H3. The van der Waals surface area contributed by atoms with E-state index in [1.165, 1.54) is 6.92 Å². The Balaban J connectivity index is 2.62. The first kappa shape index (κ1) is 13.4. The van der Waals surface area contributed by atoms with Crippen molar-refractivity contribution in [2.45, 2.75) is 38.2 Å². The molecular weight excluding hydrogens is 228 g/mol. The maximum Gasteiger partial charge on any atom is 0.303 e. The fraction of sp³-hybridized carbons (Fsp3) is 0.727. The molecule has 3 unspecified atom stereocenters. The highest BCUT2D eigenvalue weighted by molar-refractivity contribution is 7.85. The molecule has 0 N–H and O–H groups in total. The molecule has 5 heteroatoms. The number of hydrogen-bond donors (Lipinski definition) is 0. The van der Waals surface area contributed by atoms with Crippen LogP contribution in [-0.4, -0.2) is 34.1 Å². The molecule has 0 aromatic heterocycles. The smallest absolute Gasteiger partial charge is 0.303 e. The van der Waals surface area contributed by atoms with E-state index in [0.717, 1.165) is 12.0 Å². The summed E-state index contributed by atoms with van der Waals surface area (Å²) in [6, 6.07) is 0. The largest absolute Gasteiger partial charge is 0.459 e. The van der Waals surface area contributed by atoms with Crippen molar-refractivity contribution in [3.63, 3.8) is 0 Å². The predicted octanol–water partition coefficient (Wildman–Crippen LogP) is 1.38. The molecule has 1 aliphatic heterocycles. The summed E-state index contributed by atoms with van der Waals surface area (Å²) in [4.78, 5) is 10.9. The lowest BCUT2D eigenvalue weighted by Crippen LogP contribution is -2.41. The summed E-state index contributed by atoms with van der Waals surface area (Å²) in [5.74, 6) is 0.0374. The zero-order valence-corrected chi connectivity index (χ0v) is 10.5. The van der Waals surface area contributed by atoms with Crippen molar-refractivity contribution in [3.8, 4) is 0 Å². The normalized spacial score (nSPS) is 27.1. The molecule has 0 aromatic carbocycles. The topological polar surface area (TPSA) is 52.6 Å². The van der Waals surface area contributed by atoms with Crippen LogP contribution in [0.5, 0.6) is 0 Å². The fourth-order valence-corrected chi connectivity index (χ4v) is 3.05. The summed E-state index contributed by atoms with van der Waals surface area (Å²) in [6.07, 6.45) is 1.16. The Morgan fingerprint density at radius 3 is 2.81 bits per heavy atom. The van der Waals surface area contributed by atoms with E-state index in [9.17, 15) is 9.00 Å². The fourth-order valence-electron chi connectivity index (χ4n) is 1.63. The van der Waals surface area contributed by atoms with Crippen LogP contribution < -0.4 is 0 Å². The second-order valence-electron chi connectivity index (χ2n) is 4.01. The van der Waals surface area contributed by atoms with Crippen molar-refractivity contribution in [3.05, 3.63) is 12.2 Å². The zero-order chi connectivity index (χ0) is 12.1. The Bertz CT molecular complexity index is 300. The lowest BCUT2D eigenvalue weighted by molar-refractivity contribution is -0.154. The van der Waals surface area contributed by atoms with Gasteiger partial charge in [0.05, 0.1) is 10.8 Å². The molecule has 16 heavy (non-hydrogen) atoms. The molecule has 0 saturated carbocycles. The molecule has 92 valence electrons. The Hall–Kier alpha value is -0.680. The van der Waals surface area contributed by atoms with Crippen LogP contribution in [0, 0.1) is 0 Å². The zero-order valence-electron chi connectivity index (χ0n) is 9.73. The summed E-state index contributed by atoms with van der Waals surface area (Å²) in [6.45, 7) is 7.47. The Labute approximate surface area is 98.5 Å². The third-order valence-electron chi connectivity index (χ3n) is 2.18. The van der Waals surface area contributed by atoms with Gasteiger partial charge in [-0.25, -0.2) is 0 Å². The lowest BCUT2D eigenvalue weighted by atomic mass is 10.2. The van der Waals surface area contributed by atoms with Crippen LogP contribution in [-0.2, 0) is 25.1 Å². The Kier molecular flexibility index (Phi) is 5.15. The Morgan fingerprint density at radius 1 is 1.56 bits per heavy atom. The van der Waals surface area contributed by atoms with Crippen molar-refractivity contribution in [1.29, 1.82) is 0 Å². The van der Waals surface area contributed by atoms with Gasteiger partial charge in [-0.2, -0.15) is 0 Å². The van der Waals surface area contributed by atoms with Crippen molar-refractivity contribution < 1.29 is 18.5 Å². The minimum atomic E-state index is -1.18. The minimum absolute atomic E-state index is 0.354. The highest BCUT2D eigenvalue weighted by Gasteiger charge is 2.33. The van der Waals surface area contributed by atoms with Crippen molar-refractivity contribution in [2.24, 2.45) is 0 Å². The molecular formula is C11H18O4S. The third kappa shape index (κ3) is 4.06. The van der Waals surface area contributed by atoms with E-state index < -0.39 is 16.2 Å². The quantitative estimate of drug-likeness (QED) is 0.555. The summed E-state index contributed by atoms with van der Waals surface area (Å²) >= 11 is 0. The molecule has 0 bridgehead atoms. The van der Waals surface area contributed by atoms with Gasteiger partial charge in [0.2, 0.25) is 0 Å². The number of ether oxygens (including phenoxy) is 2. The van der Waals surface area contributed by atoms with Gasteiger partial charge in [0.25, 0.3) is 0 Å². The van der Waals surface area contributed by atoms with Crippen molar-refractivity contribution in [2.75, 3.05) is 12.4 Å².